The zero-order valence-electron chi connectivity index (χ0n) is 9.53. The van der Waals surface area contributed by atoms with E-state index in [-0.39, 0.29) is 17.7 Å². The Kier molecular flexibility index (Phi) is 3.74. The van der Waals surface area contributed by atoms with Crippen molar-refractivity contribution in [2.45, 2.75) is 12.8 Å². The van der Waals surface area contributed by atoms with Gasteiger partial charge in [-0.3, -0.25) is 4.79 Å². The molecule has 1 aliphatic heterocycles. The van der Waals surface area contributed by atoms with Gasteiger partial charge in [-0.2, -0.15) is 0 Å². The zero-order valence-corrected chi connectivity index (χ0v) is 9.53. The van der Waals surface area contributed by atoms with Gasteiger partial charge in [-0.25, -0.2) is 4.39 Å². The minimum absolute atomic E-state index is 0.0895. The molecule has 1 saturated heterocycles. The number of piperidine rings is 1. The Morgan fingerprint density at radius 2 is 2.12 bits per heavy atom. The molecule has 0 saturated carbocycles. The average molecular weight is 237 g/mol. The Labute approximate surface area is 99.7 Å². The van der Waals surface area contributed by atoms with Crippen LogP contribution in [-0.2, 0) is 11.2 Å². The van der Waals surface area contributed by atoms with Crippen LogP contribution in [0.4, 0.5) is 4.39 Å². The van der Waals surface area contributed by atoms with Crippen molar-refractivity contribution in [2.75, 3.05) is 13.1 Å². The lowest BCUT2D eigenvalue weighted by Crippen LogP contribution is -2.41. The van der Waals surface area contributed by atoms with E-state index >= 15 is 0 Å². The van der Waals surface area contributed by atoms with Gasteiger partial charge in [0, 0.05) is 0 Å². The molecule has 2 atom stereocenters. The maximum atomic E-state index is 12.8. The van der Waals surface area contributed by atoms with Crippen molar-refractivity contribution in [1.82, 2.24) is 5.32 Å². The normalized spacial score (nSPS) is 24.5. The monoisotopic (exact) mass is 237 g/mol. The number of carbonyl (C=O) groups is 1. The number of hydrogen-bond acceptors (Lipinski definition) is 2. The van der Waals surface area contributed by atoms with E-state index in [2.05, 4.69) is 5.32 Å². The van der Waals surface area contributed by atoms with E-state index in [0.29, 0.717) is 19.4 Å². The highest BCUT2D eigenvalue weighted by molar-refractivity contribution is 5.70. The highest BCUT2D eigenvalue weighted by atomic mass is 19.1. The number of halogens is 1. The minimum Gasteiger partial charge on any atom is -0.481 e. The predicted molar refractivity (Wildman–Crippen MR) is 62.2 cm³/mol. The number of carboxylic acid groups (broad SMARTS) is 1. The second-order valence-electron chi connectivity index (χ2n) is 4.53. The maximum Gasteiger partial charge on any atom is 0.306 e. The molecule has 2 N–H and O–H groups in total. The molecule has 92 valence electrons. The van der Waals surface area contributed by atoms with Crippen LogP contribution in [0.5, 0.6) is 0 Å². The van der Waals surface area contributed by atoms with Crippen LogP contribution in [-0.4, -0.2) is 24.2 Å². The Morgan fingerprint density at radius 1 is 1.41 bits per heavy atom. The number of nitrogens with one attached hydrogen (secondary N) is 1. The summed E-state index contributed by atoms with van der Waals surface area (Å²) in [4.78, 5) is 11.1. The third-order valence-electron chi connectivity index (χ3n) is 3.34. The second kappa shape index (κ2) is 5.27. The fourth-order valence-electron chi connectivity index (χ4n) is 2.39. The molecule has 0 bridgehead atoms. The van der Waals surface area contributed by atoms with Gasteiger partial charge in [0.2, 0.25) is 0 Å². The van der Waals surface area contributed by atoms with Crippen molar-refractivity contribution in [3.63, 3.8) is 0 Å². The highest BCUT2D eigenvalue weighted by Crippen LogP contribution is 2.23. The molecular formula is C13H16FNO2. The summed E-state index contributed by atoms with van der Waals surface area (Å²) in [5.74, 6) is -1.18. The van der Waals surface area contributed by atoms with Gasteiger partial charge >= 0.3 is 5.97 Å². The maximum absolute atomic E-state index is 12.8. The van der Waals surface area contributed by atoms with Crippen molar-refractivity contribution in [3.8, 4) is 0 Å². The first-order valence-corrected chi connectivity index (χ1v) is 5.85. The SMILES string of the molecule is O=C(O)C1CCNCC1Cc1ccc(F)cc1. The molecule has 0 amide bonds. The molecule has 1 fully saturated rings. The average Bonchev–Trinajstić information content (AvgIpc) is 2.32. The van der Waals surface area contributed by atoms with E-state index in [1.807, 2.05) is 0 Å². The molecular weight excluding hydrogens is 221 g/mol. The van der Waals surface area contributed by atoms with Crippen molar-refractivity contribution >= 4 is 5.97 Å². The molecule has 1 aromatic carbocycles. The van der Waals surface area contributed by atoms with Crippen LogP contribution < -0.4 is 5.32 Å². The molecule has 0 spiro atoms. The van der Waals surface area contributed by atoms with E-state index < -0.39 is 5.97 Å². The quantitative estimate of drug-likeness (QED) is 0.841. The van der Waals surface area contributed by atoms with Gasteiger partial charge in [-0.15, -0.1) is 0 Å². The smallest absolute Gasteiger partial charge is 0.306 e. The van der Waals surface area contributed by atoms with Crippen LogP contribution in [0.25, 0.3) is 0 Å². The molecule has 1 aromatic rings. The fourth-order valence-corrected chi connectivity index (χ4v) is 2.39. The largest absolute Gasteiger partial charge is 0.481 e. The second-order valence-corrected chi connectivity index (χ2v) is 4.53. The van der Waals surface area contributed by atoms with Gasteiger partial charge in [0.15, 0.2) is 0 Å². The standard InChI is InChI=1S/C13H16FNO2/c14-11-3-1-9(2-4-11)7-10-8-15-6-5-12(10)13(16)17/h1-4,10,12,15H,5-8H2,(H,16,17). The van der Waals surface area contributed by atoms with E-state index in [4.69, 9.17) is 5.11 Å². The van der Waals surface area contributed by atoms with E-state index in [1.165, 1.54) is 12.1 Å². The summed E-state index contributed by atoms with van der Waals surface area (Å²) in [5.41, 5.74) is 0.992. The van der Waals surface area contributed by atoms with Crippen LogP contribution in [0.1, 0.15) is 12.0 Å². The molecule has 2 rings (SSSR count). The van der Waals surface area contributed by atoms with Crippen molar-refractivity contribution in [3.05, 3.63) is 35.6 Å². The molecule has 3 nitrogen and oxygen atoms in total. The number of carboxylic acids is 1. The summed E-state index contributed by atoms with van der Waals surface area (Å²) in [6.07, 6.45) is 1.35. The van der Waals surface area contributed by atoms with E-state index in [0.717, 1.165) is 12.1 Å². The van der Waals surface area contributed by atoms with Crippen molar-refractivity contribution < 1.29 is 14.3 Å². The summed E-state index contributed by atoms with van der Waals surface area (Å²) < 4.78 is 12.8. The molecule has 1 aliphatic rings. The summed E-state index contributed by atoms with van der Waals surface area (Å²) in [5, 5.41) is 12.4. The Bertz CT molecular complexity index is 391. The molecule has 17 heavy (non-hydrogen) atoms. The van der Waals surface area contributed by atoms with Gasteiger partial charge in [0.05, 0.1) is 5.92 Å². The lowest BCUT2D eigenvalue weighted by molar-refractivity contribution is -0.144. The van der Waals surface area contributed by atoms with Crippen molar-refractivity contribution in [1.29, 1.82) is 0 Å². The third-order valence-corrected chi connectivity index (χ3v) is 3.34. The molecule has 2 unspecified atom stereocenters. The van der Waals surface area contributed by atoms with Gasteiger partial charge in [0.25, 0.3) is 0 Å². The van der Waals surface area contributed by atoms with Gasteiger partial charge in [0.1, 0.15) is 5.82 Å². The van der Waals surface area contributed by atoms with Crippen LogP contribution in [0.2, 0.25) is 0 Å². The number of aliphatic carboxylic acids is 1. The summed E-state index contributed by atoms with van der Waals surface area (Å²) >= 11 is 0. The minimum atomic E-state index is -0.724. The lowest BCUT2D eigenvalue weighted by Gasteiger charge is -2.29. The number of rotatable bonds is 3. The number of hydrogen-bond donors (Lipinski definition) is 2. The first-order valence-electron chi connectivity index (χ1n) is 5.85. The molecule has 1 heterocycles. The van der Waals surface area contributed by atoms with E-state index in [1.54, 1.807) is 12.1 Å². The Balaban J connectivity index is 2.05. The topological polar surface area (TPSA) is 49.3 Å². The van der Waals surface area contributed by atoms with Crippen LogP contribution >= 0.6 is 0 Å². The molecule has 0 aromatic heterocycles. The first-order chi connectivity index (χ1) is 8.16. The predicted octanol–water partition coefficient (Wildman–Crippen LogP) is 1.68. The van der Waals surface area contributed by atoms with Crippen LogP contribution in [0.15, 0.2) is 24.3 Å². The van der Waals surface area contributed by atoms with Gasteiger partial charge in [-0.1, -0.05) is 12.1 Å². The lowest BCUT2D eigenvalue weighted by atomic mass is 9.82. The zero-order chi connectivity index (χ0) is 12.3. The van der Waals surface area contributed by atoms with Gasteiger partial charge < -0.3 is 10.4 Å². The first kappa shape index (κ1) is 12.0. The summed E-state index contributed by atoms with van der Waals surface area (Å²) in [7, 11) is 0. The molecule has 0 aliphatic carbocycles. The number of benzene rings is 1. The van der Waals surface area contributed by atoms with E-state index in [9.17, 15) is 9.18 Å². The molecule has 4 heteroatoms. The summed E-state index contributed by atoms with van der Waals surface area (Å²) in [6.45, 7) is 1.48. The van der Waals surface area contributed by atoms with Gasteiger partial charge in [-0.05, 0) is 49.5 Å². The van der Waals surface area contributed by atoms with Crippen molar-refractivity contribution in [2.24, 2.45) is 11.8 Å². The Hall–Kier alpha value is -1.42. The molecule has 0 radical (unpaired) electrons. The summed E-state index contributed by atoms with van der Waals surface area (Å²) in [6, 6.07) is 6.29. The third kappa shape index (κ3) is 3.03. The fraction of sp³-hybridized carbons (Fsp3) is 0.462. The van der Waals surface area contributed by atoms with Crippen LogP contribution in [0, 0.1) is 17.7 Å². The Morgan fingerprint density at radius 3 is 2.76 bits per heavy atom. The van der Waals surface area contributed by atoms with Crippen LogP contribution in [0.3, 0.4) is 0 Å². The highest BCUT2D eigenvalue weighted by Gasteiger charge is 2.30.